The number of nitrogens with one attached hydrogen (secondary N) is 1. The summed E-state index contributed by atoms with van der Waals surface area (Å²) < 4.78 is 25.5. The average Bonchev–Trinajstić information content (AvgIpc) is 3.80. The number of methoxy groups -OCH3 is 1. The van der Waals surface area contributed by atoms with Crippen molar-refractivity contribution in [2.24, 2.45) is 11.7 Å². The van der Waals surface area contributed by atoms with E-state index in [0.29, 0.717) is 57.1 Å². The maximum absolute atomic E-state index is 14.0. The summed E-state index contributed by atoms with van der Waals surface area (Å²) >= 11 is 12.4. The predicted molar refractivity (Wildman–Crippen MR) is 164 cm³/mol. The Morgan fingerprint density at radius 3 is 2.59 bits per heavy atom. The molecule has 9 nitrogen and oxygen atoms in total. The summed E-state index contributed by atoms with van der Waals surface area (Å²) in [5.74, 6) is -1.21. The summed E-state index contributed by atoms with van der Waals surface area (Å²) in [6.07, 6.45) is 1.39. The molecule has 1 aliphatic heterocycles. The molecule has 4 aromatic rings. The molecule has 4 N–H and O–H groups in total. The van der Waals surface area contributed by atoms with Gasteiger partial charge in [-0.05, 0) is 75.1 Å². The van der Waals surface area contributed by atoms with Gasteiger partial charge in [0.2, 0.25) is 5.91 Å². The number of aryl methyl sites for hydroxylation is 1. The van der Waals surface area contributed by atoms with Crippen LogP contribution in [0, 0.1) is 18.7 Å². The number of benzene rings is 2. The Balaban J connectivity index is 1.40. The number of nitrogens with zero attached hydrogens (tertiary/aromatic N) is 2. The molecule has 0 spiro atoms. The van der Waals surface area contributed by atoms with Crippen molar-refractivity contribution in [3.8, 4) is 22.8 Å². The Morgan fingerprint density at radius 1 is 1.18 bits per heavy atom. The zero-order chi connectivity index (χ0) is 31.6. The number of rotatable bonds is 8. The monoisotopic (exact) mass is 638 g/mol. The fourth-order valence-electron chi connectivity index (χ4n) is 5.58. The third-order valence-electron chi connectivity index (χ3n) is 8.52. The van der Waals surface area contributed by atoms with Crippen LogP contribution in [0.3, 0.4) is 0 Å². The van der Waals surface area contributed by atoms with Gasteiger partial charge in [0.05, 0.1) is 35.1 Å². The topological polar surface area (TPSA) is 137 Å². The Kier molecular flexibility index (Phi) is 7.42. The first-order valence-corrected chi connectivity index (χ1v) is 14.7. The van der Waals surface area contributed by atoms with E-state index in [4.69, 9.17) is 43.4 Å². The summed E-state index contributed by atoms with van der Waals surface area (Å²) in [6, 6.07) is 10.7. The number of aliphatic hydroxyl groups is 1. The number of aromatic nitrogens is 2. The molecule has 2 aromatic heterocycles. The van der Waals surface area contributed by atoms with E-state index in [1.54, 1.807) is 38.1 Å². The number of ether oxygens (including phenoxy) is 2. The lowest BCUT2D eigenvalue weighted by molar-refractivity contribution is -0.123. The highest BCUT2D eigenvalue weighted by Gasteiger charge is 2.50. The molecule has 6 rings (SSSR count). The summed E-state index contributed by atoms with van der Waals surface area (Å²) in [7, 11) is 1.49. The molecule has 0 saturated heterocycles. The number of nitrogens with two attached hydrogens (primary N) is 1. The summed E-state index contributed by atoms with van der Waals surface area (Å²) in [4.78, 5) is 35.4. The van der Waals surface area contributed by atoms with Crippen LogP contribution in [0.25, 0.3) is 22.2 Å². The standard InChI is InChI=1S/C32H29Cl2FN4O5/c1-15-21(33)10-17-8-18(11-24(43-3)26(17)38-15)29(40)37-13-32(42,19-5-6-19)25-12-20-28(44-14-31(20,2)30(36)41)27(39-25)16-4-7-23(35)22(34)9-16/h4,7-12,19,42H,5-6,13-14H2,1-3H3,(H2,36,41)(H,37,40)/t31-,32+/m0/s1. The van der Waals surface area contributed by atoms with Crippen LogP contribution in [0.2, 0.25) is 10.0 Å². The number of hydrogen-bond acceptors (Lipinski definition) is 7. The molecule has 1 fully saturated rings. The number of amides is 2. The second-order valence-electron chi connectivity index (χ2n) is 11.5. The maximum Gasteiger partial charge on any atom is 0.251 e. The Hall–Kier alpha value is -3.99. The van der Waals surface area contributed by atoms with Crippen LogP contribution in [0.15, 0.2) is 42.5 Å². The smallest absolute Gasteiger partial charge is 0.251 e. The largest absolute Gasteiger partial charge is 0.494 e. The number of primary amides is 1. The zero-order valence-corrected chi connectivity index (χ0v) is 25.6. The van der Waals surface area contributed by atoms with Crippen molar-refractivity contribution in [1.82, 2.24) is 15.3 Å². The van der Waals surface area contributed by atoms with Gasteiger partial charge in [-0.3, -0.25) is 9.59 Å². The first-order chi connectivity index (χ1) is 20.9. The molecule has 2 atom stereocenters. The highest BCUT2D eigenvalue weighted by Crippen LogP contribution is 2.50. The summed E-state index contributed by atoms with van der Waals surface area (Å²) in [6.45, 7) is 3.21. The zero-order valence-electron chi connectivity index (χ0n) is 24.1. The molecule has 1 aliphatic carbocycles. The molecule has 2 amide bonds. The van der Waals surface area contributed by atoms with E-state index < -0.39 is 28.6 Å². The molecule has 44 heavy (non-hydrogen) atoms. The quantitative estimate of drug-likeness (QED) is 0.241. The Morgan fingerprint density at radius 2 is 1.93 bits per heavy atom. The van der Waals surface area contributed by atoms with Gasteiger partial charge in [0.1, 0.15) is 46.1 Å². The van der Waals surface area contributed by atoms with E-state index in [9.17, 15) is 19.1 Å². The van der Waals surface area contributed by atoms with Gasteiger partial charge in [-0.2, -0.15) is 0 Å². The lowest BCUT2D eigenvalue weighted by Crippen LogP contribution is -2.44. The summed E-state index contributed by atoms with van der Waals surface area (Å²) in [5, 5.41) is 16.0. The third kappa shape index (κ3) is 5.00. The first-order valence-electron chi connectivity index (χ1n) is 14.0. The van der Waals surface area contributed by atoms with Gasteiger partial charge in [-0.25, -0.2) is 14.4 Å². The van der Waals surface area contributed by atoms with E-state index in [1.165, 1.54) is 25.3 Å². The number of hydrogen-bond donors (Lipinski definition) is 3. The Bertz CT molecular complexity index is 1870. The van der Waals surface area contributed by atoms with Gasteiger partial charge in [0, 0.05) is 22.1 Å². The van der Waals surface area contributed by atoms with Crippen LogP contribution in [0.4, 0.5) is 4.39 Å². The van der Waals surface area contributed by atoms with Gasteiger partial charge in [-0.15, -0.1) is 0 Å². The van der Waals surface area contributed by atoms with E-state index in [-0.39, 0.29) is 41.0 Å². The third-order valence-corrected chi connectivity index (χ3v) is 9.19. The van der Waals surface area contributed by atoms with Gasteiger partial charge >= 0.3 is 0 Å². The molecule has 228 valence electrons. The molecule has 2 aliphatic rings. The first kappa shape index (κ1) is 30.1. The highest BCUT2D eigenvalue weighted by molar-refractivity contribution is 6.32. The Labute approximate surface area is 262 Å². The van der Waals surface area contributed by atoms with Crippen LogP contribution in [-0.2, 0) is 15.8 Å². The van der Waals surface area contributed by atoms with E-state index in [0.717, 1.165) is 0 Å². The maximum atomic E-state index is 14.0. The number of carbonyl (C=O) groups is 2. The highest BCUT2D eigenvalue weighted by atomic mass is 35.5. The van der Waals surface area contributed by atoms with Gasteiger partial charge < -0.3 is 25.6 Å². The number of fused-ring (bicyclic) bond motifs is 2. The fourth-order valence-corrected chi connectivity index (χ4v) is 5.92. The number of carbonyl (C=O) groups excluding carboxylic acids is 2. The van der Waals surface area contributed by atoms with Crippen molar-refractivity contribution in [2.75, 3.05) is 20.3 Å². The van der Waals surface area contributed by atoms with E-state index in [2.05, 4.69) is 10.3 Å². The second kappa shape index (κ2) is 10.9. The minimum absolute atomic E-state index is 0.0362. The molecule has 1 saturated carbocycles. The van der Waals surface area contributed by atoms with Crippen LogP contribution in [0.1, 0.15) is 47.1 Å². The number of halogens is 3. The molecule has 3 heterocycles. The molecular formula is C32H29Cl2FN4O5. The van der Waals surface area contributed by atoms with Crippen LogP contribution in [0.5, 0.6) is 11.5 Å². The fraction of sp³-hybridized carbons (Fsp3) is 0.312. The average molecular weight is 640 g/mol. The van der Waals surface area contributed by atoms with Crippen molar-refractivity contribution < 1.29 is 28.6 Å². The van der Waals surface area contributed by atoms with Crippen molar-refractivity contribution >= 4 is 45.9 Å². The lowest BCUT2D eigenvalue weighted by Gasteiger charge is -2.30. The lowest BCUT2D eigenvalue weighted by atomic mass is 9.81. The number of pyridine rings is 2. The summed E-state index contributed by atoms with van der Waals surface area (Å²) in [5.41, 5.74) is 5.81. The van der Waals surface area contributed by atoms with E-state index in [1.807, 2.05) is 0 Å². The minimum atomic E-state index is -1.62. The second-order valence-corrected chi connectivity index (χ2v) is 12.3. The molecular weight excluding hydrogens is 610 g/mol. The van der Waals surface area contributed by atoms with E-state index >= 15 is 0 Å². The molecule has 0 unspecified atom stereocenters. The van der Waals surface area contributed by atoms with Crippen LogP contribution >= 0.6 is 23.2 Å². The van der Waals surface area contributed by atoms with Gasteiger partial charge in [0.25, 0.3) is 5.91 Å². The molecule has 0 radical (unpaired) electrons. The van der Waals surface area contributed by atoms with Crippen molar-refractivity contribution in [3.05, 3.63) is 80.8 Å². The minimum Gasteiger partial charge on any atom is -0.494 e. The molecule has 0 bridgehead atoms. The normalized spacial score (nSPS) is 18.8. The van der Waals surface area contributed by atoms with Crippen molar-refractivity contribution in [2.45, 2.75) is 37.7 Å². The van der Waals surface area contributed by atoms with Crippen LogP contribution in [-0.4, -0.2) is 47.2 Å². The molecule has 2 aromatic carbocycles. The SMILES string of the molecule is COc1cc(C(=O)NC[C@](O)(c2cc3c(c(-c4ccc(F)c(Cl)c4)n2)OC[C@]3(C)C(N)=O)C2CC2)cc2cc(Cl)c(C)nc12. The van der Waals surface area contributed by atoms with Crippen molar-refractivity contribution in [1.29, 1.82) is 0 Å². The van der Waals surface area contributed by atoms with Gasteiger partial charge in [0.15, 0.2) is 0 Å². The van der Waals surface area contributed by atoms with Crippen molar-refractivity contribution in [3.63, 3.8) is 0 Å². The molecule has 12 heteroatoms. The predicted octanol–water partition coefficient (Wildman–Crippen LogP) is 5.22. The van der Waals surface area contributed by atoms with Crippen LogP contribution < -0.4 is 20.5 Å². The van der Waals surface area contributed by atoms with Gasteiger partial charge in [-0.1, -0.05) is 23.2 Å².